The fraction of sp³-hybridized carbons (Fsp3) is 0.263. The number of ether oxygens (including phenoxy) is 1. The van der Waals surface area contributed by atoms with Crippen LogP contribution in [0.4, 0.5) is 0 Å². The van der Waals surface area contributed by atoms with Crippen LogP contribution in [-0.4, -0.2) is 35.9 Å². The van der Waals surface area contributed by atoms with Gasteiger partial charge in [-0.25, -0.2) is 4.79 Å². The summed E-state index contributed by atoms with van der Waals surface area (Å²) in [5, 5.41) is 7.62. The molecule has 158 valence electrons. The number of esters is 1. The van der Waals surface area contributed by atoms with E-state index in [1.807, 2.05) is 0 Å². The van der Waals surface area contributed by atoms with Crippen LogP contribution in [0.1, 0.15) is 34.4 Å². The predicted molar refractivity (Wildman–Crippen MR) is 104 cm³/mol. The Kier molecular flexibility index (Phi) is 5.74. The van der Waals surface area contributed by atoms with Crippen LogP contribution in [0.15, 0.2) is 44.5 Å². The normalized spacial score (nSPS) is 11.3. The van der Waals surface area contributed by atoms with E-state index in [2.05, 4.69) is 10.3 Å². The summed E-state index contributed by atoms with van der Waals surface area (Å²) in [7, 11) is -4.46. The molecule has 0 N–H and O–H groups in total. The second kappa shape index (κ2) is 8.11. The molecule has 1 aromatic carbocycles. The van der Waals surface area contributed by atoms with Crippen molar-refractivity contribution in [2.45, 2.75) is 32.6 Å². The third kappa shape index (κ3) is 3.96. The maximum Gasteiger partial charge on any atom is 0.362 e. The number of carbonyl (C=O) groups is 1. The van der Waals surface area contributed by atoms with E-state index in [1.165, 1.54) is 13.8 Å². The summed E-state index contributed by atoms with van der Waals surface area (Å²) < 4.78 is 41.4. The van der Waals surface area contributed by atoms with E-state index in [0.29, 0.717) is 5.69 Å². The fourth-order valence-electron chi connectivity index (χ4n) is 2.81. The van der Waals surface area contributed by atoms with E-state index in [1.54, 1.807) is 38.1 Å². The van der Waals surface area contributed by atoms with Gasteiger partial charge in [-0.1, -0.05) is 23.4 Å². The van der Waals surface area contributed by atoms with Gasteiger partial charge in [-0.2, -0.15) is 18.2 Å². The van der Waals surface area contributed by atoms with Gasteiger partial charge in [0.15, 0.2) is 16.4 Å². The Morgan fingerprint density at radius 1 is 1.20 bits per heavy atom. The number of rotatable bonds is 6. The van der Waals surface area contributed by atoms with Crippen molar-refractivity contribution in [3.05, 3.63) is 63.4 Å². The number of hydrogen-bond donors (Lipinski definition) is 0. The van der Waals surface area contributed by atoms with Crippen LogP contribution in [0.25, 0.3) is 5.69 Å². The summed E-state index contributed by atoms with van der Waals surface area (Å²) >= 11 is 0. The number of benzene rings is 1. The third-order valence-corrected chi connectivity index (χ3v) is 5.61. The SMILES string of the molecule is CCOC(=O)c1nn(-c2ccccc2C)c(=O)cc1OS(=O)(=O)c1c(C)noc1C. The summed E-state index contributed by atoms with van der Waals surface area (Å²) in [4.78, 5) is 24.8. The van der Waals surface area contributed by atoms with Gasteiger partial charge >= 0.3 is 16.1 Å². The Bertz CT molecular complexity index is 1260. The van der Waals surface area contributed by atoms with E-state index in [9.17, 15) is 18.0 Å². The highest BCUT2D eigenvalue weighted by Crippen LogP contribution is 2.25. The second-order valence-corrected chi connectivity index (χ2v) is 7.79. The molecule has 0 spiro atoms. The standard InChI is InChI=1S/C19H19N3O7S/c1-5-27-19(24)17-15(29-30(25,26)18-12(3)21-28-13(18)4)10-16(23)22(20-17)14-9-7-6-8-11(14)2/h6-10H,5H2,1-4H3. The third-order valence-electron chi connectivity index (χ3n) is 4.13. The first-order valence-electron chi connectivity index (χ1n) is 8.90. The highest BCUT2D eigenvalue weighted by molar-refractivity contribution is 7.87. The molecular weight excluding hydrogens is 414 g/mol. The smallest absolute Gasteiger partial charge is 0.362 e. The fourth-order valence-corrected chi connectivity index (χ4v) is 4.04. The van der Waals surface area contributed by atoms with Gasteiger partial charge in [-0.15, -0.1) is 0 Å². The average molecular weight is 433 g/mol. The number of aromatic nitrogens is 3. The maximum atomic E-state index is 12.7. The molecule has 0 aliphatic rings. The molecule has 0 bridgehead atoms. The van der Waals surface area contributed by atoms with Gasteiger partial charge in [-0.3, -0.25) is 4.79 Å². The van der Waals surface area contributed by atoms with Crippen molar-refractivity contribution in [2.75, 3.05) is 6.61 Å². The molecule has 0 fully saturated rings. The largest absolute Gasteiger partial charge is 0.461 e. The quantitative estimate of drug-likeness (QED) is 0.423. The number of aryl methyl sites for hydroxylation is 3. The molecule has 0 saturated heterocycles. The highest BCUT2D eigenvalue weighted by atomic mass is 32.2. The van der Waals surface area contributed by atoms with Crippen LogP contribution >= 0.6 is 0 Å². The Hall–Kier alpha value is -3.47. The van der Waals surface area contributed by atoms with Crippen molar-refractivity contribution < 1.29 is 26.7 Å². The van der Waals surface area contributed by atoms with Crippen LogP contribution in [0, 0.1) is 20.8 Å². The summed E-state index contributed by atoms with van der Waals surface area (Å²) in [5.41, 5.74) is 0.0647. The average Bonchev–Trinajstić information content (AvgIpc) is 3.01. The van der Waals surface area contributed by atoms with Gasteiger partial charge in [0, 0.05) is 0 Å². The first-order valence-corrected chi connectivity index (χ1v) is 10.3. The zero-order chi connectivity index (χ0) is 22.1. The zero-order valence-corrected chi connectivity index (χ0v) is 17.5. The topological polar surface area (TPSA) is 131 Å². The number of nitrogens with zero attached hydrogens (tertiary/aromatic N) is 3. The van der Waals surface area contributed by atoms with E-state index in [4.69, 9.17) is 13.4 Å². The minimum Gasteiger partial charge on any atom is -0.461 e. The number of hydrogen-bond acceptors (Lipinski definition) is 9. The molecule has 30 heavy (non-hydrogen) atoms. The van der Waals surface area contributed by atoms with Crippen LogP contribution in [0.2, 0.25) is 0 Å². The molecule has 0 aliphatic carbocycles. The van der Waals surface area contributed by atoms with Gasteiger partial charge in [0.2, 0.25) is 5.69 Å². The first-order chi connectivity index (χ1) is 14.2. The van der Waals surface area contributed by atoms with E-state index in [-0.39, 0.29) is 23.0 Å². The van der Waals surface area contributed by atoms with Gasteiger partial charge in [0.1, 0.15) is 5.69 Å². The van der Waals surface area contributed by atoms with Crippen LogP contribution in [0.5, 0.6) is 5.75 Å². The Labute approximate surface area is 172 Å². The summed E-state index contributed by atoms with van der Waals surface area (Å²) in [6.07, 6.45) is 0. The van der Waals surface area contributed by atoms with Crippen molar-refractivity contribution >= 4 is 16.1 Å². The van der Waals surface area contributed by atoms with Crippen molar-refractivity contribution in [3.8, 4) is 11.4 Å². The first kappa shape index (κ1) is 21.2. The highest BCUT2D eigenvalue weighted by Gasteiger charge is 2.30. The lowest BCUT2D eigenvalue weighted by Gasteiger charge is -2.13. The molecule has 2 heterocycles. The predicted octanol–water partition coefficient (Wildman–Crippen LogP) is 2.09. The molecule has 3 rings (SSSR count). The maximum absolute atomic E-state index is 12.7. The van der Waals surface area contributed by atoms with Crippen LogP contribution in [-0.2, 0) is 14.9 Å². The lowest BCUT2D eigenvalue weighted by Crippen LogP contribution is -2.26. The number of carbonyl (C=O) groups excluding carboxylic acids is 1. The molecule has 3 aromatic rings. The molecule has 0 radical (unpaired) electrons. The van der Waals surface area contributed by atoms with Gasteiger partial charge < -0.3 is 13.4 Å². The molecule has 2 aromatic heterocycles. The molecule has 11 heteroatoms. The number of para-hydroxylation sites is 1. The minimum atomic E-state index is -4.46. The molecule has 0 saturated carbocycles. The van der Waals surface area contributed by atoms with Crippen molar-refractivity contribution in [1.29, 1.82) is 0 Å². The molecular formula is C19H19N3O7S. The van der Waals surface area contributed by atoms with E-state index >= 15 is 0 Å². The second-order valence-electron chi connectivity index (χ2n) is 6.30. The molecule has 0 atom stereocenters. The Morgan fingerprint density at radius 2 is 1.90 bits per heavy atom. The lowest BCUT2D eigenvalue weighted by molar-refractivity contribution is 0.0515. The summed E-state index contributed by atoms with van der Waals surface area (Å²) in [6.45, 7) is 6.18. The molecule has 0 aliphatic heterocycles. The monoisotopic (exact) mass is 433 g/mol. The summed E-state index contributed by atoms with van der Waals surface area (Å²) in [5.74, 6) is -1.49. The van der Waals surface area contributed by atoms with Crippen LogP contribution < -0.4 is 9.74 Å². The summed E-state index contributed by atoms with van der Waals surface area (Å²) in [6, 6.07) is 7.76. The zero-order valence-electron chi connectivity index (χ0n) is 16.7. The van der Waals surface area contributed by atoms with Crippen molar-refractivity contribution in [3.63, 3.8) is 0 Å². The Morgan fingerprint density at radius 3 is 2.50 bits per heavy atom. The Balaban J connectivity index is 2.17. The van der Waals surface area contributed by atoms with Crippen molar-refractivity contribution in [2.24, 2.45) is 0 Å². The molecule has 0 amide bonds. The van der Waals surface area contributed by atoms with Gasteiger partial charge in [0.05, 0.1) is 18.4 Å². The van der Waals surface area contributed by atoms with E-state index < -0.39 is 33.1 Å². The lowest BCUT2D eigenvalue weighted by atomic mass is 10.2. The molecule has 10 nitrogen and oxygen atoms in total. The van der Waals surface area contributed by atoms with Gasteiger partial charge in [-0.05, 0) is 39.3 Å². The van der Waals surface area contributed by atoms with Gasteiger partial charge in [0.25, 0.3) is 5.56 Å². The van der Waals surface area contributed by atoms with E-state index in [0.717, 1.165) is 16.3 Å². The van der Waals surface area contributed by atoms with Crippen molar-refractivity contribution in [1.82, 2.24) is 14.9 Å². The van der Waals surface area contributed by atoms with Crippen LogP contribution in [0.3, 0.4) is 0 Å². The minimum absolute atomic E-state index is 0.00592. The molecule has 0 unspecified atom stereocenters.